The van der Waals surface area contributed by atoms with Crippen LogP contribution in [0.15, 0.2) is 17.0 Å². The lowest BCUT2D eigenvalue weighted by molar-refractivity contribution is -0.132. The molecule has 10 heteroatoms. The Morgan fingerprint density at radius 2 is 1.95 bits per heavy atom. The lowest BCUT2D eigenvalue weighted by Crippen LogP contribution is -2.29. The maximum Gasteiger partial charge on any atom is 0.390 e. The summed E-state index contributed by atoms with van der Waals surface area (Å²) in [6.07, 6.45) is -5.59. The number of amides is 1. The minimum atomic E-state index is -4.40. The summed E-state index contributed by atoms with van der Waals surface area (Å²) in [6, 6.07) is 2.23. The first-order valence-electron chi connectivity index (χ1n) is 5.60. The van der Waals surface area contributed by atoms with E-state index in [1.54, 1.807) is 0 Å². The van der Waals surface area contributed by atoms with Gasteiger partial charge in [-0.1, -0.05) is 11.6 Å². The third kappa shape index (κ3) is 5.18. The summed E-state index contributed by atoms with van der Waals surface area (Å²) in [7, 11) is -4.10. The van der Waals surface area contributed by atoms with Gasteiger partial charge in [0, 0.05) is 17.1 Å². The average molecular weight is 345 g/mol. The number of halogens is 4. The molecule has 0 aromatic heterocycles. The summed E-state index contributed by atoms with van der Waals surface area (Å²) in [5, 5.41) is 6.97. The number of benzene rings is 1. The van der Waals surface area contributed by atoms with Crippen LogP contribution in [-0.4, -0.2) is 27.0 Å². The molecule has 0 aliphatic heterocycles. The zero-order chi connectivity index (χ0) is 16.4. The van der Waals surface area contributed by atoms with Crippen LogP contribution >= 0.6 is 11.6 Å². The summed E-state index contributed by atoms with van der Waals surface area (Å²) >= 11 is 5.70. The van der Waals surface area contributed by atoms with Gasteiger partial charge in [-0.2, -0.15) is 13.2 Å². The average Bonchev–Trinajstić information content (AvgIpc) is 2.28. The van der Waals surface area contributed by atoms with Crippen LogP contribution in [0.4, 0.5) is 13.2 Å². The fourth-order valence-electron chi connectivity index (χ4n) is 1.60. The van der Waals surface area contributed by atoms with Crippen LogP contribution < -0.4 is 10.5 Å². The molecular weight excluding hydrogens is 333 g/mol. The minimum absolute atomic E-state index is 0.0198. The standard InChI is InChI=1S/C11H12ClF3N2O3S/c1-6-8(10(18)17-3-2-11(13,14)15)4-7(12)5-9(6)21(16,19)20/h4-5H,2-3H2,1H3,(H,17,18)(H2,16,19,20). The van der Waals surface area contributed by atoms with Crippen molar-refractivity contribution in [2.24, 2.45) is 5.14 Å². The van der Waals surface area contributed by atoms with Crippen molar-refractivity contribution in [3.05, 3.63) is 28.3 Å². The first-order valence-corrected chi connectivity index (χ1v) is 7.52. The van der Waals surface area contributed by atoms with E-state index in [9.17, 15) is 26.4 Å². The number of hydrogen-bond donors (Lipinski definition) is 2. The molecule has 1 aromatic carbocycles. The summed E-state index contributed by atoms with van der Waals surface area (Å²) in [5.74, 6) is -0.857. The fraction of sp³-hybridized carbons (Fsp3) is 0.364. The predicted octanol–water partition coefficient (Wildman–Crippen LogP) is 1.98. The van der Waals surface area contributed by atoms with Crippen LogP contribution in [0.25, 0.3) is 0 Å². The summed E-state index contributed by atoms with van der Waals surface area (Å²) in [5.41, 5.74) is -0.125. The van der Waals surface area contributed by atoms with E-state index < -0.39 is 35.1 Å². The number of nitrogens with two attached hydrogens (primary N) is 1. The monoisotopic (exact) mass is 344 g/mol. The number of hydrogen-bond acceptors (Lipinski definition) is 3. The van der Waals surface area contributed by atoms with Gasteiger partial charge in [-0.3, -0.25) is 4.79 Å². The molecule has 0 aliphatic carbocycles. The molecule has 0 unspecified atom stereocenters. The number of carbonyl (C=O) groups excluding carboxylic acids is 1. The number of primary sulfonamides is 1. The van der Waals surface area contributed by atoms with Gasteiger partial charge in [0.2, 0.25) is 10.0 Å². The third-order valence-electron chi connectivity index (χ3n) is 2.57. The second-order valence-electron chi connectivity index (χ2n) is 4.24. The predicted molar refractivity (Wildman–Crippen MR) is 70.6 cm³/mol. The number of sulfonamides is 1. The highest BCUT2D eigenvalue weighted by Crippen LogP contribution is 2.24. The van der Waals surface area contributed by atoms with E-state index in [-0.39, 0.29) is 21.0 Å². The maximum absolute atomic E-state index is 12.0. The van der Waals surface area contributed by atoms with E-state index in [0.29, 0.717) is 0 Å². The minimum Gasteiger partial charge on any atom is -0.352 e. The smallest absolute Gasteiger partial charge is 0.352 e. The van der Waals surface area contributed by atoms with E-state index in [0.717, 1.165) is 12.1 Å². The maximum atomic E-state index is 12.0. The van der Waals surface area contributed by atoms with Gasteiger partial charge in [0.25, 0.3) is 5.91 Å². The lowest BCUT2D eigenvalue weighted by Gasteiger charge is -2.12. The molecule has 0 heterocycles. The third-order valence-corrected chi connectivity index (χ3v) is 3.83. The van der Waals surface area contributed by atoms with Crippen molar-refractivity contribution < 1.29 is 26.4 Å². The van der Waals surface area contributed by atoms with Crippen LogP contribution in [-0.2, 0) is 10.0 Å². The molecule has 21 heavy (non-hydrogen) atoms. The van der Waals surface area contributed by atoms with Crippen molar-refractivity contribution in [1.82, 2.24) is 5.32 Å². The zero-order valence-corrected chi connectivity index (χ0v) is 12.4. The van der Waals surface area contributed by atoms with E-state index in [4.69, 9.17) is 16.7 Å². The molecule has 1 aromatic rings. The molecular formula is C11H12ClF3N2O3S. The van der Waals surface area contributed by atoms with Crippen molar-refractivity contribution in [2.75, 3.05) is 6.54 Å². The number of carbonyl (C=O) groups is 1. The van der Waals surface area contributed by atoms with Gasteiger partial charge >= 0.3 is 6.18 Å². The number of alkyl halides is 3. The molecule has 0 saturated heterocycles. The molecule has 1 amide bonds. The van der Waals surface area contributed by atoms with Crippen LogP contribution in [0.3, 0.4) is 0 Å². The highest BCUT2D eigenvalue weighted by molar-refractivity contribution is 7.89. The van der Waals surface area contributed by atoms with Gasteiger partial charge in [0.1, 0.15) is 0 Å². The van der Waals surface area contributed by atoms with Gasteiger partial charge in [-0.05, 0) is 24.6 Å². The highest BCUT2D eigenvalue weighted by Gasteiger charge is 2.27. The summed E-state index contributed by atoms with van der Waals surface area (Å²) in [4.78, 5) is 11.5. The van der Waals surface area contributed by atoms with E-state index in [1.807, 2.05) is 5.32 Å². The van der Waals surface area contributed by atoms with Crippen molar-refractivity contribution >= 4 is 27.5 Å². The molecule has 5 nitrogen and oxygen atoms in total. The van der Waals surface area contributed by atoms with Crippen molar-refractivity contribution in [2.45, 2.75) is 24.4 Å². The van der Waals surface area contributed by atoms with E-state index >= 15 is 0 Å². The second-order valence-corrected chi connectivity index (χ2v) is 6.21. The van der Waals surface area contributed by atoms with Gasteiger partial charge in [0.05, 0.1) is 11.3 Å². The normalized spacial score (nSPS) is 12.3. The quantitative estimate of drug-likeness (QED) is 0.875. The van der Waals surface area contributed by atoms with Crippen LogP contribution in [0, 0.1) is 6.92 Å². The summed E-state index contributed by atoms with van der Waals surface area (Å²) < 4.78 is 58.7. The van der Waals surface area contributed by atoms with Gasteiger partial charge < -0.3 is 5.32 Å². The van der Waals surface area contributed by atoms with Crippen molar-refractivity contribution in [3.8, 4) is 0 Å². The topological polar surface area (TPSA) is 89.3 Å². The Labute approximate surface area is 124 Å². The van der Waals surface area contributed by atoms with Crippen molar-refractivity contribution in [1.29, 1.82) is 0 Å². The molecule has 0 bridgehead atoms. The Bertz CT molecular complexity index is 659. The number of nitrogens with one attached hydrogen (secondary N) is 1. The summed E-state index contributed by atoms with van der Waals surface area (Å²) in [6.45, 7) is 0.688. The molecule has 0 aliphatic rings. The van der Waals surface area contributed by atoms with Crippen LogP contribution in [0.2, 0.25) is 5.02 Å². The Kier molecular flexibility index (Phi) is 5.24. The highest BCUT2D eigenvalue weighted by atomic mass is 35.5. The Balaban J connectivity index is 3.03. The molecule has 0 spiro atoms. The Hall–Kier alpha value is -1.32. The molecule has 118 valence electrons. The SMILES string of the molecule is Cc1c(C(=O)NCCC(F)(F)F)cc(Cl)cc1S(N)(=O)=O. The molecule has 0 fully saturated rings. The fourth-order valence-corrected chi connectivity index (χ4v) is 2.71. The van der Waals surface area contributed by atoms with Gasteiger partial charge in [0.15, 0.2) is 0 Å². The molecule has 1 rings (SSSR count). The zero-order valence-electron chi connectivity index (χ0n) is 10.8. The second kappa shape index (κ2) is 6.20. The van der Waals surface area contributed by atoms with Gasteiger partial charge in [-0.15, -0.1) is 0 Å². The van der Waals surface area contributed by atoms with Crippen molar-refractivity contribution in [3.63, 3.8) is 0 Å². The van der Waals surface area contributed by atoms with Gasteiger partial charge in [-0.25, -0.2) is 13.6 Å². The first-order chi connectivity index (χ1) is 9.42. The van der Waals surface area contributed by atoms with Crippen LogP contribution in [0.1, 0.15) is 22.3 Å². The van der Waals surface area contributed by atoms with Crippen LogP contribution in [0.5, 0.6) is 0 Å². The molecule has 3 N–H and O–H groups in total. The molecule has 0 atom stereocenters. The van der Waals surface area contributed by atoms with E-state index in [2.05, 4.69) is 0 Å². The Morgan fingerprint density at radius 3 is 2.43 bits per heavy atom. The van der Waals surface area contributed by atoms with E-state index in [1.165, 1.54) is 6.92 Å². The first kappa shape index (κ1) is 17.7. The number of rotatable bonds is 4. The molecule has 0 saturated carbocycles. The Morgan fingerprint density at radius 1 is 1.38 bits per heavy atom. The largest absolute Gasteiger partial charge is 0.390 e. The lowest BCUT2D eigenvalue weighted by atomic mass is 10.1. The molecule has 0 radical (unpaired) electrons.